The minimum absolute atomic E-state index is 0.255. The highest BCUT2D eigenvalue weighted by Gasteiger charge is 2.23. The topological polar surface area (TPSA) is 78.4 Å². The van der Waals surface area contributed by atoms with Crippen molar-refractivity contribution in [1.82, 2.24) is 10.6 Å². The fourth-order valence-electron chi connectivity index (χ4n) is 2.55. The average molecular weight is 238 g/mol. The van der Waals surface area contributed by atoms with Gasteiger partial charge in [0.15, 0.2) is 0 Å². The lowest BCUT2D eigenvalue weighted by atomic mass is 10.2. The molecule has 0 bridgehead atoms. The Kier molecular flexibility index (Phi) is 3.66. The molecular weight excluding hydrogens is 220 g/mol. The Morgan fingerprint density at radius 1 is 1.12 bits per heavy atom. The van der Waals surface area contributed by atoms with Crippen LogP contribution in [-0.4, -0.2) is 23.1 Å². The van der Waals surface area contributed by atoms with E-state index in [1.54, 1.807) is 0 Å². The molecule has 3 N–H and O–H groups in total. The van der Waals surface area contributed by atoms with Gasteiger partial charge in [0, 0.05) is 11.7 Å². The molecule has 0 aliphatic heterocycles. The van der Waals surface area contributed by atoms with Crippen LogP contribution in [0, 0.1) is 0 Å². The zero-order chi connectivity index (χ0) is 12.3. The number of carboxylic acids is 1. The highest BCUT2D eigenvalue weighted by molar-refractivity contribution is 5.89. The van der Waals surface area contributed by atoms with E-state index < -0.39 is 5.97 Å². The second-order valence-electron chi connectivity index (χ2n) is 4.70. The van der Waals surface area contributed by atoms with Crippen molar-refractivity contribution in [1.29, 1.82) is 0 Å². The third-order valence-corrected chi connectivity index (χ3v) is 3.43. The van der Waals surface area contributed by atoms with Crippen LogP contribution < -0.4 is 10.6 Å². The minimum Gasteiger partial charge on any atom is -0.478 e. The number of aliphatic carboxylic acids is 1. The van der Waals surface area contributed by atoms with Crippen molar-refractivity contribution in [3.63, 3.8) is 0 Å². The molecule has 5 nitrogen and oxygen atoms in total. The predicted molar refractivity (Wildman–Crippen MR) is 62.4 cm³/mol. The van der Waals surface area contributed by atoms with Crippen molar-refractivity contribution in [2.24, 2.45) is 0 Å². The van der Waals surface area contributed by atoms with Crippen LogP contribution in [-0.2, 0) is 4.79 Å². The monoisotopic (exact) mass is 238 g/mol. The van der Waals surface area contributed by atoms with E-state index in [9.17, 15) is 9.59 Å². The van der Waals surface area contributed by atoms with Crippen molar-refractivity contribution in [2.45, 2.75) is 51.0 Å². The van der Waals surface area contributed by atoms with E-state index in [1.165, 1.54) is 0 Å². The fourth-order valence-corrected chi connectivity index (χ4v) is 2.55. The van der Waals surface area contributed by atoms with Gasteiger partial charge in [-0.1, -0.05) is 12.8 Å². The SMILES string of the molecule is O=C(NC1=C(C(=O)O)CCC1)NC1CCCC1. The molecule has 2 aliphatic carbocycles. The molecule has 2 aliphatic rings. The Morgan fingerprint density at radius 2 is 1.82 bits per heavy atom. The number of hydrogen-bond donors (Lipinski definition) is 3. The van der Waals surface area contributed by atoms with E-state index in [2.05, 4.69) is 10.6 Å². The molecule has 0 aromatic carbocycles. The number of carbonyl (C=O) groups is 2. The molecule has 2 rings (SSSR count). The highest BCUT2D eigenvalue weighted by atomic mass is 16.4. The molecule has 5 heteroatoms. The van der Waals surface area contributed by atoms with Gasteiger partial charge in [-0.15, -0.1) is 0 Å². The lowest BCUT2D eigenvalue weighted by Crippen LogP contribution is -2.40. The van der Waals surface area contributed by atoms with Crippen molar-refractivity contribution < 1.29 is 14.7 Å². The molecule has 0 atom stereocenters. The summed E-state index contributed by atoms with van der Waals surface area (Å²) in [6.45, 7) is 0. The Balaban J connectivity index is 1.89. The van der Waals surface area contributed by atoms with Gasteiger partial charge >= 0.3 is 12.0 Å². The van der Waals surface area contributed by atoms with Crippen LogP contribution in [0.25, 0.3) is 0 Å². The zero-order valence-corrected chi connectivity index (χ0v) is 9.79. The van der Waals surface area contributed by atoms with E-state index in [0.29, 0.717) is 24.1 Å². The molecule has 0 heterocycles. The minimum atomic E-state index is -0.918. The van der Waals surface area contributed by atoms with Crippen LogP contribution in [0.4, 0.5) is 4.79 Å². The van der Waals surface area contributed by atoms with Gasteiger partial charge in [0.05, 0.1) is 5.57 Å². The van der Waals surface area contributed by atoms with Gasteiger partial charge in [-0.05, 0) is 32.1 Å². The number of rotatable bonds is 3. The summed E-state index contributed by atoms with van der Waals surface area (Å²) >= 11 is 0. The number of carboxylic acid groups (broad SMARTS) is 1. The van der Waals surface area contributed by atoms with Crippen molar-refractivity contribution in [3.05, 3.63) is 11.3 Å². The zero-order valence-electron chi connectivity index (χ0n) is 9.79. The van der Waals surface area contributed by atoms with Gasteiger partial charge in [0.1, 0.15) is 0 Å². The average Bonchev–Trinajstić information content (AvgIpc) is 2.88. The summed E-state index contributed by atoms with van der Waals surface area (Å²) in [6, 6.07) is -0.00201. The third-order valence-electron chi connectivity index (χ3n) is 3.43. The fraction of sp³-hybridized carbons (Fsp3) is 0.667. The largest absolute Gasteiger partial charge is 0.478 e. The standard InChI is InChI=1S/C12H18N2O3/c15-11(16)9-6-3-7-10(9)14-12(17)13-8-4-1-2-5-8/h8H,1-7H2,(H,15,16)(H2,13,14,17). The molecule has 0 saturated heterocycles. The quantitative estimate of drug-likeness (QED) is 0.701. The summed E-state index contributed by atoms with van der Waals surface area (Å²) in [5, 5.41) is 14.5. The first-order valence-electron chi connectivity index (χ1n) is 6.19. The molecule has 0 spiro atoms. The van der Waals surface area contributed by atoms with Gasteiger partial charge in [-0.2, -0.15) is 0 Å². The van der Waals surface area contributed by atoms with Crippen LogP contribution in [0.3, 0.4) is 0 Å². The maximum absolute atomic E-state index is 11.7. The lowest BCUT2D eigenvalue weighted by Gasteiger charge is -2.13. The second kappa shape index (κ2) is 5.21. The predicted octanol–water partition coefficient (Wildman–Crippen LogP) is 1.75. The summed E-state index contributed by atoms with van der Waals surface area (Å²) in [6.07, 6.45) is 6.38. The number of allylic oxidation sites excluding steroid dienone is 1. The Labute approximate surface area is 100 Å². The molecular formula is C12H18N2O3. The number of carbonyl (C=O) groups excluding carboxylic acids is 1. The molecule has 2 amide bonds. The highest BCUT2D eigenvalue weighted by Crippen LogP contribution is 2.24. The number of urea groups is 1. The molecule has 1 saturated carbocycles. The van der Waals surface area contributed by atoms with Crippen LogP contribution in [0.5, 0.6) is 0 Å². The molecule has 0 aromatic rings. The van der Waals surface area contributed by atoms with E-state index in [-0.39, 0.29) is 12.1 Å². The molecule has 17 heavy (non-hydrogen) atoms. The van der Waals surface area contributed by atoms with Crippen molar-refractivity contribution in [2.75, 3.05) is 0 Å². The molecule has 1 fully saturated rings. The van der Waals surface area contributed by atoms with Gasteiger partial charge < -0.3 is 15.7 Å². The van der Waals surface area contributed by atoms with E-state index in [0.717, 1.165) is 32.1 Å². The summed E-state index contributed by atoms with van der Waals surface area (Å²) in [5.41, 5.74) is 0.930. The smallest absolute Gasteiger partial charge is 0.333 e. The van der Waals surface area contributed by atoms with E-state index >= 15 is 0 Å². The molecule has 0 aromatic heterocycles. The first-order chi connectivity index (χ1) is 8.16. The van der Waals surface area contributed by atoms with Crippen molar-refractivity contribution >= 4 is 12.0 Å². The normalized spacial score (nSPS) is 20.7. The Bertz CT molecular complexity index is 357. The number of amides is 2. The second-order valence-corrected chi connectivity index (χ2v) is 4.70. The summed E-state index contributed by atoms with van der Waals surface area (Å²) in [4.78, 5) is 22.6. The van der Waals surface area contributed by atoms with E-state index in [1.807, 2.05) is 0 Å². The van der Waals surface area contributed by atoms with Crippen molar-refractivity contribution in [3.8, 4) is 0 Å². The van der Waals surface area contributed by atoms with Gasteiger partial charge in [0.25, 0.3) is 0 Å². The summed E-state index contributed by atoms with van der Waals surface area (Å²) < 4.78 is 0. The first-order valence-corrected chi connectivity index (χ1v) is 6.19. The van der Waals surface area contributed by atoms with Crippen LogP contribution in [0.1, 0.15) is 44.9 Å². The Morgan fingerprint density at radius 3 is 2.47 bits per heavy atom. The summed E-state index contributed by atoms with van der Waals surface area (Å²) in [5.74, 6) is -0.918. The first kappa shape index (κ1) is 12.0. The molecule has 0 radical (unpaired) electrons. The Hall–Kier alpha value is -1.52. The number of nitrogens with one attached hydrogen (secondary N) is 2. The maximum atomic E-state index is 11.7. The molecule has 94 valence electrons. The van der Waals surface area contributed by atoms with Crippen LogP contribution in [0.15, 0.2) is 11.3 Å². The van der Waals surface area contributed by atoms with Gasteiger partial charge in [0.2, 0.25) is 0 Å². The van der Waals surface area contributed by atoms with Gasteiger partial charge in [-0.25, -0.2) is 9.59 Å². The third kappa shape index (κ3) is 2.99. The lowest BCUT2D eigenvalue weighted by molar-refractivity contribution is -0.132. The van der Waals surface area contributed by atoms with E-state index in [4.69, 9.17) is 5.11 Å². The maximum Gasteiger partial charge on any atom is 0.333 e. The summed E-state index contributed by atoms with van der Waals surface area (Å²) in [7, 11) is 0. The van der Waals surface area contributed by atoms with Crippen LogP contribution in [0.2, 0.25) is 0 Å². The van der Waals surface area contributed by atoms with Crippen LogP contribution >= 0.6 is 0 Å². The number of hydrogen-bond acceptors (Lipinski definition) is 2. The van der Waals surface area contributed by atoms with Gasteiger partial charge in [-0.3, -0.25) is 0 Å². The molecule has 0 unspecified atom stereocenters.